The third-order valence-electron chi connectivity index (χ3n) is 0.224. The standard InChI is InChI=1S/CH5O4P.4CH4O.O.2Ta/c1-5-6(2,3)4;4*1-2;;;/h1H3,(H2,2,3,4);4*2H,1H3;;;/q;;;;;;;+2/p-2. The Morgan fingerprint density at radius 1 is 0.882 bits per heavy atom. The Balaban J connectivity index is -0.0000000158. The average molecular weight is 616 g/mol. The fourth-order valence-electron chi connectivity index (χ4n) is 0. The smallest absolute Gasteiger partial charge is 2.00 e. The second-order valence-electron chi connectivity index (χ2n) is 0.630. The quantitative estimate of drug-likeness (QED) is 0.222. The third kappa shape index (κ3) is 223. The normalized spacial score (nSPS) is 5.76. The van der Waals surface area contributed by atoms with Crippen molar-refractivity contribution < 1.29 is 86.0 Å². The van der Waals surface area contributed by atoms with E-state index in [2.05, 4.69) is 4.52 Å². The molecule has 0 unspecified atom stereocenters. The molecule has 0 fully saturated rings. The first kappa shape index (κ1) is 42.9. The summed E-state index contributed by atoms with van der Waals surface area (Å²) in [6, 6.07) is 0. The van der Waals surface area contributed by atoms with Gasteiger partial charge in [0.05, 0.1) is 7.82 Å². The molecule has 0 aliphatic carbocycles. The van der Waals surface area contributed by atoms with Crippen LogP contribution in [0.1, 0.15) is 0 Å². The van der Waals surface area contributed by atoms with Crippen LogP contribution in [0.15, 0.2) is 0 Å². The van der Waals surface area contributed by atoms with E-state index in [1.165, 1.54) is 0 Å². The fourth-order valence-corrected chi connectivity index (χ4v) is 0. The Morgan fingerprint density at radius 2 is 0.941 bits per heavy atom. The van der Waals surface area contributed by atoms with Crippen molar-refractivity contribution in [1.29, 1.82) is 0 Å². The summed E-state index contributed by atoms with van der Waals surface area (Å²) in [5.74, 6) is 0. The third-order valence-corrected chi connectivity index (χ3v) is 0.671. The number of hydrogen-bond acceptors (Lipinski definition) is 9. The van der Waals surface area contributed by atoms with Crippen molar-refractivity contribution in [3.63, 3.8) is 0 Å². The Hall–Kier alpha value is 1.23. The van der Waals surface area contributed by atoms with Crippen LogP contribution in [0, 0.1) is 0 Å². The van der Waals surface area contributed by atoms with Crippen molar-refractivity contribution in [2.45, 2.75) is 0 Å². The molecule has 0 saturated heterocycles. The molecule has 108 valence electrons. The van der Waals surface area contributed by atoms with Crippen molar-refractivity contribution in [1.82, 2.24) is 0 Å². The van der Waals surface area contributed by atoms with Gasteiger partial charge in [0.15, 0.2) is 0 Å². The molecule has 0 aliphatic rings. The van der Waals surface area contributed by atoms with E-state index in [-0.39, 0.29) is 43.4 Å². The molecule has 0 aromatic carbocycles. The first-order chi connectivity index (χ1) is 7.56. The van der Waals surface area contributed by atoms with Gasteiger partial charge in [-0.2, -0.15) is 0 Å². The van der Waals surface area contributed by atoms with Crippen LogP contribution in [0.25, 0.3) is 0 Å². The summed E-state index contributed by atoms with van der Waals surface area (Å²) < 4.78 is 21.0. The summed E-state index contributed by atoms with van der Waals surface area (Å²) in [4.78, 5) is 18.5. The molecule has 12 heteroatoms. The molecule has 0 heterocycles. The van der Waals surface area contributed by atoms with Crippen molar-refractivity contribution in [3.8, 4) is 0 Å². The van der Waals surface area contributed by atoms with E-state index in [1.54, 1.807) is 0 Å². The monoisotopic (exact) mass is 616 g/mol. The molecule has 0 aliphatic heterocycles. The van der Waals surface area contributed by atoms with Crippen LogP contribution in [-0.2, 0) is 55.8 Å². The van der Waals surface area contributed by atoms with E-state index in [0.717, 1.165) is 35.5 Å². The number of phosphoric ester groups is 1. The summed E-state index contributed by atoms with van der Waals surface area (Å²) in [6.45, 7) is 0. The van der Waals surface area contributed by atoms with Gasteiger partial charge in [0.1, 0.15) is 0 Å². The van der Waals surface area contributed by atoms with E-state index in [0.29, 0.717) is 0 Å². The summed E-state index contributed by atoms with van der Waals surface area (Å²) in [5.41, 5.74) is 0. The van der Waals surface area contributed by atoms with Crippen LogP contribution >= 0.6 is 7.82 Å². The van der Waals surface area contributed by atoms with Crippen LogP contribution in [0.3, 0.4) is 0 Å². The van der Waals surface area contributed by atoms with Gasteiger partial charge in [0, 0.05) is 35.5 Å². The molecular weight excluding hydrogens is 597 g/mol. The predicted molar refractivity (Wildman–Crippen MR) is 47.9 cm³/mol. The van der Waals surface area contributed by atoms with Crippen LogP contribution in [0.4, 0.5) is 0 Å². The van der Waals surface area contributed by atoms with Gasteiger partial charge in [-0.15, -0.1) is 0 Å². The second-order valence-corrected chi connectivity index (χ2v) is 1.89. The molecule has 0 atom stereocenters. The first-order valence-electron chi connectivity index (χ1n) is 3.11. The van der Waals surface area contributed by atoms with Gasteiger partial charge in [-0.05, 0) is 0 Å². The Kier molecular flexibility index (Phi) is 169. The van der Waals surface area contributed by atoms with E-state index in [1.807, 2.05) is 0 Å². The van der Waals surface area contributed by atoms with Gasteiger partial charge in [0.2, 0.25) is 0 Å². The molecule has 0 bridgehead atoms. The zero-order valence-electron chi connectivity index (χ0n) is 10.2. The van der Waals surface area contributed by atoms with Crippen LogP contribution < -0.4 is 9.79 Å². The second kappa shape index (κ2) is 67.0. The van der Waals surface area contributed by atoms with E-state index < -0.39 is 7.82 Å². The molecule has 0 amide bonds. The van der Waals surface area contributed by atoms with Crippen molar-refractivity contribution in [2.24, 2.45) is 0 Å². The maximum absolute atomic E-state index is 9.25. The molecule has 0 saturated carbocycles. The molecule has 0 spiro atoms. The molecule has 0 aromatic rings. The zero-order valence-corrected chi connectivity index (χ0v) is 17.5. The molecule has 0 aromatic heterocycles. The van der Waals surface area contributed by atoms with Crippen LogP contribution in [0.2, 0.25) is 0 Å². The molecule has 0 rings (SSSR count). The van der Waals surface area contributed by atoms with Gasteiger partial charge >= 0.3 is 46.7 Å². The fraction of sp³-hybridized carbons (Fsp3) is 1.00. The van der Waals surface area contributed by atoms with Gasteiger partial charge in [-0.1, -0.05) is 0 Å². The van der Waals surface area contributed by atoms with E-state index in [4.69, 9.17) is 23.7 Å². The number of aliphatic hydroxyl groups excluding tert-OH is 4. The Bertz CT molecular complexity index is 101. The predicted octanol–water partition coefficient (Wildman–Crippen LogP) is -3.23. The topological polar surface area (TPSA) is 170 Å². The van der Waals surface area contributed by atoms with Gasteiger partial charge in [-0.3, -0.25) is 0 Å². The summed E-state index contributed by atoms with van der Waals surface area (Å²) in [5, 5.41) is 28.0. The van der Waals surface area contributed by atoms with Gasteiger partial charge in [0.25, 0.3) is 0 Å². The number of hydrogen-bond donors (Lipinski definition) is 4. The summed E-state index contributed by atoms with van der Waals surface area (Å²) in [7, 11) is 0.174. The molecule has 4 N–H and O–H groups in total. The largest absolute Gasteiger partial charge is 2.00 e. The van der Waals surface area contributed by atoms with Gasteiger partial charge in [-0.25, -0.2) is 0 Å². The zero-order chi connectivity index (χ0) is 15.2. The number of rotatable bonds is 1. The maximum Gasteiger partial charge on any atom is 2.00 e. The first-order valence-corrected chi connectivity index (χ1v) is 5.88. The number of phosphoric acid groups is 1. The molecule has 17 heavy (non-hydrogen) atoms. The van der Waals surface area contributed by atoms with Crippen molar-refractivity contribution >= 4 is 7.82 Å². The Labute approximate surface area is 129 Å². The minimum absolute atomic E-state index is 0. The van der Waals surface area contributed by atoms with Crippen LogP contribution in [0.5, 0.6) is 0 Å². The van der Waals surface area contributed by atoms with E-state index >= 15 is 0 Å². The Morgan fingerprint density at radius 3 is 0.941 bits per heavy atom. The summed E-state index contributed by atoms with van der Waals surface area (Å²) >= 11 is 0.194. The van der Waals surface area contributed by atoms with E-state index in [9.17, 15) is 14.4 Å². The summed E-state index contributed by atoms with van der Waals surface area (Å²) in [6.07, 6.45) is 0. The van der Waals surface area contributed by atoms with Crippen LogP contribution in [-0.4, -0.2) is 56.0 Å². The van der Waals surface area contributed by atoms with Crippen molar-refractivity contribution in [2.75, 3.05) is 35.5 Å². The number of aliphatic hydroxyl groups is 4. The molecule has 9 nitrogen and oxygen atoms in total. The maximum atomic E-state index is 9.25. The SMILES string of the molecule is CO.CO.CO.CO.COP(=O)([O-])[O-].[O]=[Ta].[Ta+2]. The molecular formula is C5H19O9PTa2. The van der Waals surface area contributed by atoms with Crippen molar-refractivity contribution in [3.05, 3.63) is 0 Å². The average Bonchev–Trinajstić information content (AvgIpc) is 2.40. The minimum atomic E-state index is -4.65. The molecule has 1 radical (unpaired) electrons. The minimum Gasteiger partial charge on any atom is 2.00 e. The van der Waals surface area contributed by atoms with Gasteiger partial charge < -0.3 is 39.3 Å².